The van der Waals surface area contributed by atoms with Crippen LogP contribution in [0.25, 0.3) is 5.65 Å². The Morgan fingerprint density at radius 3 is 2.33 bits per heavy atom. The lowest BCUT2D eigenvalue weighted by Gasteiger charge is -2.18. The van der Waals surface area contributed by atoms with Crippen LogP contribution in [0.4, 0.5) is 5.82 Å². The van der Waals surface area contributed by atoms with Gasteiger partial charge in [-0.15, -0.1) is 14.8 Å². The fourth-order valence-electron chi connectivity index (χ4n) is 2.88. The second-order valence-corrected chi connectivity index (χ2v) is 6.25. The number of nitrogens with zero attached hydrogens (tertiary/aromatic N) is 5. The van der Waals surface area contributed by atoms with E-state index in [1.807, 2.05) is 12.1 Å². The molecular weight excluding hydrogens is 228 g/mol. The molecule has 6 heteroatoms. The Balaban J connectivity index is 1.94. The quantitative estimate of drug-likeness (QED) is 0.874. The summed E-state index contributed by atoms with van der Waals surface area (Å²) in [6.45, 7) is 11.3. The molecule has 0 aromatic carbocycles. The maximum absolute atomic E-state index is 4.36. The van der Waals surface area contributed by atoms with Crippen molar-refractivity contribution in [1.82, 2.24) is 25.3 Å². The molecule has 1 aliphatic rings. The van der Waals surface area contributed by atoms with Crippen LogP contribution in [0.1, 0.15) is 34.6 Å². The highest BCUT2D eigenvalue weighted by atomic mass is 15.6. The average Bonchev–Trinajstić information content (AvgIpc) is 2.67. The standard InChI is InChI=1S/C12H18N6/c1-10(2)11(3,4)12(10,5)13-8-6-7-9-14-16-17-18(9)15-8/h6-7H,1-5H3,(H,13,15). The normalized spacial score (nSPS) is 22.9. The minimum absolute atomic E-state index is 0.0225. The molecular formula is C12H18N6. The van der Waals surface area contributed by atoms with Crippen molar-refractivity contribution in [1.29, 1.82) is 0 Å². The highest BCUT2D eigenvalue weighted by Crippen LogP contribution is 2.72. The Morgan fingerprint density at radius 1 is 1.06 bits per heavy atom. The third-order valence-corrected chi connectivity index (χ3v) is 5.45. The van der Waals surface area contributed by atoms with E-state index in [0.29, 0.717) is 5.65 Å². The van der Waals surface area contributed by atoms with Crippen molar-refractivity contribution in [3.63, 3.8) is 0 Å². The van der Waals surface area contributed by atoms with Gasteiger partial charge in [0.05, 0.1) is 0 Å². The van der Waals surface area contributed by atoms with Crippen molar-refractivity contribution in [2.75, 3.05) is 5.32 Å². The van der Waals surface area contributed by atoms with E-state index in [0.717, 1.165) is 5.82 Å². The molecule has 2 aromatic rings. The van der Waals surface area contributed by atoms with E-state index in [4.69, 9.17) is 0 Å². The first-order valence-electron chi connectivity index (χ1n) is 6.13. The monoisotopic (exact) mass is 246 g/mol. The van der Waals surface area contributed by atoms with Crippen LogP contribution in [-0.2, 0) is 0 Å². The van der Waals surface area contributed by atoms with Crippen molar-refractivity contribution in [3.05, 3.63) is 12.1 Å². The minimum Gasteiger partial charge on any atom is -0.362 e. The minimum atomic E-state index is 0.0225. The molecule has 0 aliphatic heterocycles. The van der Waals surface area contributed by atoms with Gasteiger partial charge in [0, 0.05) is 5.54 Å². The summed E-state index contributed by atoms with van der Waals surface area (Å²) in [7, 11) is 0. The first-order valence-corrected chi connectivity index (χ1v) is 6.13. The van der Waals surface area contributed by atoms with Crippen molar-refractivity contribution in [2.45, 2.75) is 40.2 Å². The van der Waals surface area contributed by atoms with Crippen LogP contribution in [0.3, 0.4) is 0 Å². The van der Waals surface area contributed by atoms with Gasteiger partial charge >= 0.3 is 0 Å². The molecule has 1 saturated carbocycles. The zero-order chi connectivity index (χ0) is 13.2. The molecule has 3 rings (SSSR count). The number of tetrazole rings is 1. The molecule has 1 fully saturated rings. The van der Waals surface area contributed by atoms with Gasteiger partial charge in [0.2, 0.25) is 0 Å². The predicted octanol–water partition coefficient (Wildman–Crippen LogP) is 1.76. The molecule has 2 aromatic heterocycles. The average molecular weight is 246 g/mol. The van der Waals surface area contributed by atoms with Crippen LogP contribution in [0, 0.1) is 10.8 Å². The third kappa shape index (κ3) is 1.13. The molecule has 0 spiro atoms. The third-order valence-electron chi connectivity index (χ3n) is 5.45. The molecule has 0 saturated heterocycles. The fraction of sp³-hybridized carbons (Fsp3) is 0.667. The lowest BCUT2D eigenvalue weighted by molar-refractivity contribution is 0.457. The lowest BCUT2D eigenvalue weighted by atomic mass is 10.0. The molecule has 0 unspecified atom stereocenters. The SMILES string of the molecule is CC1(C)C(C)(C)C1(C)Nc1ccc2nnnn2n1. The molecule has 0 bridgehead atoms. The predicted molar refractivity (Wildman–Crippen MR) is 68.2 cm³/mol. The Hall–Kier alpha value is -1.72. The highest BCUT2D eigenvalue weighted by Gasteiger charge is 2.74. The Kier molecular flexibility index (Phi) is 1.89. The van der Waals surface area contributed by atoms with Crippen molar-refractivity contribution < 1.29 is 0 Å². The number of hydrogen-bond donors (Lipinski definition) is 1. The summed E-state index contributed by atoms with van der Waals surface area (Å²) >= 11 is 0. The summed E-state index contributed by atoms with van der Waals surface area (Å²) in [6.07, 6.45) is 0. The summed E-state index contributed by atoms with van der Waals surface area (Å²) in [6, 6.07) is 3.78. The molecule has 1 aliphatic carbocycles. The van der Waals surface area contributed by atoms with E-state index in [-0.39, 0.29) is 16.4 Å². The van der Waals surface area contributed by atoms with Gasteiger partial charge in [-0.25, -0.2) is 0 Å². The van der Waals surface area contributed by atoms with E-state index < -0.39 is 0 Å². The summed E-state index contributed by atoms with van der Waals surface area (Å²) in [5.41, 5.74) is 1.11. The molecule has 0 amide bonds. The maximum Gasteiger partial charge on any atom is 0.200 e. The second-order valence-electron chi connectivity index (χ2n) is 6.25. The van der Waals surface area contributed by atoms with E-state index in [9.17, 15) is 0 Å². The van der Waals surface area contributed by atoms with Gasteiger partial charge in [0.25, 0.3) is 0 Å². The number of hydrogen-bond acceptors (Lipinski definition) is 5. The molecule has 2 heterocycles. The van der Waals surface area contributed by atoms with Gasteiger partial charge < -0.3 is 5.32 Å². The number of aromatic nitrogens is 5. The van der Waals surface area contributed by atoms with Crippen LogP contribution in [-0.4, -0.2) is 30.8 Å². The van der Waals surface area contributed by atoms with Gasteiger partial charge in [-0.3, -0.25) is 0 Å². The maximum atomic E-state index is 4.36. The Labute approximate surface area is 106 Å². The molecule has 18 heavy (non-hydrogen) atoms. The van der Waals surface area contributed by atoms with Gasteiger partial charge in [-0.05, 0) is 40.3 Å². The molecule has 0 atom stereocenters. The van der Waals surface area contributed by atoms with Gasteiger partial charge in [-0.2, -0.15) is 0 Å². The summed E-state index contributed by atoms with van der Waals surface area (Å²) in [5.74, 6) is 0.802. The van der Waals surface area contributed by atoms with Crippen molar-refractivity contribution >= 4 is 11.5 Å². The van der Waals surface area contributed by atoms with E-state index in [2.05, 4.69) is 60.6 Å². The van der Waals surface area contributed by atoms with Crippen LogP contribution >= 0.6 is 0 Å². The van der Waals surface area contributed by atoms with Crippen LogP contribution in [0.15, 0.2) is 12.1 Å². The van der Waals surface area contributed by atoms with Gasteiger partial charge in [0.15, 0.2) is 5.65 Å². The molecule has 6 nitrogen and oxygen atoms in total. The van der Waals surface area contributed by atoms with Gasteiger partial charge in [-0.1, -0.05) is 27.7 Å². The van der Waals surface area contributed by atoms with Gasteiger partial charge in [0.1, 0.15) is 5.82 Å². The highest BCUT2D eigenvalue weighted by molar-refractivity contribution is 5.49. The number of fused-ring (bicyclic) bond motifs is 1. The van der Waals surface area contributed by atoms with Crippen molar-refractivity contribution in [2.24, 2.45) is 10.8 Å². The lowest BCUT2D eigenvalue weighted by Crippen LogP contribution is -2.26. The van der Waals surface area contributed by atoms with E-state index >= 15 is 0 Å². The summed E-state index contributed by atoms with van der Waals surface area (Å²) < 4.78 is 1.44. The first kappa shape index (κ1) is 11.4. The second kappa shape index (κ2) is 2.99. The first-order chi connectivity index (χ1) is 8.29. The topological polar surface area (TPSA) is 68.0 Å². The zero-order valence-electron chi connectivity index (χ0n) is 11.4. The molecule has 0 radical (unpaired) electrons. The van der Waals surface area contributed by atoms with Crippen LogP contribution < -0.4 is 5.32 Å². The van der Waals surface area contributed by atoms with Crippen LogP contribution in [0.2, 0.25) is 0 Å². The number of anilines is 1. The van der Waals surface area contributed by atoms with Crippen LogP contribution in [0.5, 0.6) is 0 Å². The van der Waals surface area contributed by atoms with E-state index in [1.54, 1.807) is 0 Å². The smallest absolute Gasteiger partial charge is 0.200 e. The zero-order valence-corrected chi connectivity index (χ0v) is 11.4. The largest absolute Gasteiger partial charge is 0.362 e. The molecule has 96 valence electrons. The summed E-state index contributed by atoms with van der Waals surface area (Å²) in [5, 5.41) is 19.1. The Morgan fingerprint density at radius 2 is 1.72 bits per heavy atom. The Bertz CT molecular complexity index is 598. The van der Waals surface area contributed by atoms with Crippen molar-refractivity contribution in [3.8, 4) is 0 Å². The fourth-order valence-corrected chi connectivity index (χ4v) is 2.88. The summed E-state index contributed by atoms with van der Waals surface area (Å²) in [4.78, 5) is 0. The number of rotatable bonds is 2. The molecule has 1 N–H and O–H groups in total. The number of nitrogens with one attached hydrogen (secondary N) is 1. The van der Waals surface area contributed by atoms with E-state index in [1.165, 1.54) is 4.63 Å².